The van der Waals surface area contributed by atoms with Gasteiger partial charge in [0.15, 0.2) is 11.5 Å². The Bertz CT molecular complexity index is 913. The fourth-order valence-corrected chi connectivity index (χ4v) is 2.05. The van der Waals surface area contributed by atoms with Gasteiger partial charge >= 0.3 is 5.97 Å². The van der Waals surface area contributed by atoms with E-state index in [0.717, 1.165) is 5.56 Å². The number of aromatic nitrogens is 4. The van der Waals surface area contributed by atoms with Crippen LogP contribution in [0.5, 0.6) is 0 Å². The molecule has 3 aromatic rings. The van der Waals surface area contributed by atoms with Crippen LogP contribution in [-0.4, -0.2) is 32.5 Å². The van der Waals surface area contributed by atoms with Gasteiger partial charge < -0.3 is 4.74 Å². The number of carbonyl (C=O) groups excluding carboxylic acids is 1. The molecule has 0 bridgehead atoms. The average Bonchev–Trinajstić information content (AvgIpc) is 2.60. The quantitative estimate of drug-likeness (QED) is 0.544. The first kappa shape index (κ1) is 13.5. The number of carbonyl (C=O) groups is 1. The maximum Gasteiger partial charge on any atom is 0.331 e. The Morgan fingerprint density at radius 1 is 1.26 bits per heavy atom. The van der Waals surface area contributed by atoms with Gasteiger partial charge in [0.2, 0.25) is 0 Å². The van der Waals surface area contributed by atoms with E-state index in [2.05, 4.69) is 19.9 Å². The zero-order chi connectivity index (χ0) is 16.9. The highest BCUT2D eigenvalue weighted by Gasteiger charge is 2.12. The van der Waals surface area contributed by atoms with Gasteiger partial charge in [-0.05, 0) is 12.5 Å². The van der Waals surface area contributed by atoms with E-state index in [4.69, 9.17) is 6.11 Å². The molecule has 0 N–H and O–H groups in total. The number of rotatable bonds is 4. The van der Waals surface area contributed by atoms with Gasteiger partial charge in [0.1, 0.15) is 5.52 Å². The van der Waals surface area contributed by atoms with Crippen molar-refractivity contribution in [2.24, 2.45) is 0 Å². The van der Waals surface area contributed by atoms with Gasteiger partial charge in [0.05, 0.1) is 14.2 Å². The Hall–Kier alpha value is -3.15. The maximum atomic E-state index is 11.9. The fraction of sp³-hybridized carbons (Fsp3) is 0.118. The van der Waals surface area contributed by atoms with E-state index in [9.17, 15) is 4.79 Å². The normalized spacial score (nSPS) is 12.0. The third kappa shape index (κ3) is 3.37. The molecule has 23 heavy (non-hydrogen) atoms. The summed E-state index contributed by atoms with van der Waals surface area (Å²) in [5, 5.41) is 0. The third-order valence-corrected chi connectivity index (χ3v) is 3.06. The van der Waals surface area contributed by atoms with Gasteiger partial charge in [-0.15, -0.1) is 0 Å². The molecule has 3 rings (SSSR count). The molecule has 114 valence electrons. The predicted molar refractivity (Wildman–Crippen MR) is 85.3 cm³/mol. The van der Waals surface area contributed by atoms with Crippen LogP contribution in [0, 0.1) is 0 Å². The molecule has 0 aliphatic heterocycles. The molecule has 2 heterocycles. The van der Waals surface area contributed by atoms with E-state index in [0.29, 0.717) is 22.6 Å². The van der Waals surface area contributed by atoms with Crippen LogP contribution >= 0.6 is 0 Å². The lowest BCUT2D eigenvalue weighted by atomic mass is 10.0. The van der Waals surface area contributed by atoms with Crippen LogP contribution in [0.1, 0.15) is 19.7 Å². The summed E-state index contributed by atoms with van der Waals surface area (Å²) in [5.74, 6) is -0.151. The standard InChI is InChI=1S/C17H14N4O2/c1-2-23-15(22)10-13(12-6-4-3-5-7-12)16-20-11-14-17(21-16)19-9-8-18-14/h3-11H,2H2,1H3/b13-10-/i9D. The summed E-state index contributed by atoms with van der Waals surface area (Å²) in [6.07, 6.45) is 4.23. The van der Waals surface area contributed by atoms with E-state index in [1.807, 2.05) is 30.3 Å². The molecule has 2 aromatic heterocycles. The van der Waals surface area contributed by atoms with Crippen LogP contribution in [-0.2, 0) is 9.53 Å². The summed E-state index contributed by atoms with van der Waals surface area (Å²) >= 11 is 0. The first-order valence-electron chi connectivity index (χ1n) is 7.58. The smallest absolute Gasteiger partial charge is 0.331 e. The van der Waals surface area contributed by atoms with Crippen molar-refractivity contribution in [3.05, 3.63) is 66.4 Å². The number of esters is 1. The lowest BCUT2D eigenvalue weighted by molar-refractivity contribution is -0.137. The largest absolute Gasteiger partial charge is 0.463 e. The monoisotopic (exact) mass is 307 g/mol. The molecule has 0 atom stereocenters. The van der Waals surface area contributed by atoms with Gasteiger partial charge in [-0.2, -0.15) is 0 Å². The van der Waals surface area contributed by atoms with Gasteiger partial charge in [-0.3, -0.25) is 0 Å². The second kappa shape index (κ2) is 6.74. The number of ether oxygens (including phenoxy) is 1. The highest BCUT2D eigenvalue weighted by Crippen LogP contribution is 2.21. The molecule has 0 aliphatic carbocycles. The lowest BCUT2D eigenvalue weighted by Crippen LogP contribution is -2.04. The molecule has 0 unspecified atom stereocenters. The Balaban J connectivity index is 2.13. The van der Waals surface area contributed by atoms with Crippen molar-refractivity contribution in [3.63, 3.8) is 0 Å². The van der Waals surface area contributed by atoms with Gasteiger partial charge in [-0.1, -0.05) is 30.3 Å². The van der Waals surface area contributed by atoms with Crippen LogP contribution < -0.4 is 0 Å². The van der Waals surface area contributed by atoms with E-state index >= 15 is 0 Å². The van der Waals surface area contributed by atoms with Crippen LogP contribution in [0.25, 0.3) is 16.7 Å². The van der Waals surface area contributed by atoms with Crippen molar-refractivity contribution in [1.82, 2.24) is 19.9 Å². The number of fused-ring (bicyclic) bond motifs is 1. The minimum absolute atomic E-state index is 0.0165. The lowest BCUT2D eigenvalue weighted by Gasteiger charge is -2.07. The predicted octanol–water partition coefficient (Wildman–Crippen LogP) is 2.41. The van der Waals surface area contributed by atoms with Gasteiger partial charge in [0, 0.05) is 24.0 Å². The van der Waals surface area contributed by atoms with E-state index < -0.39 is 5.97 Å². The van der Waals surface area contributed by atoms with E-state index in [-0.39, 0.29) is 12.8 Å². The molecule has 1 aromatic carbocycles. The van der Waals surface area contributed by atoms with Crippen molar-refractivity contribution in [2.45, 2.75) is 6.92 Å². The zero-order valence-corrected chi connectivity index (χ0v) is 12.4. The zero-order valence-electron chi connectivity index (χ0n) is 13.4. The second-order valence-electron chi connectivity index (χ2n) is 4.58. The fourth-order valence-electron chi connectivity index (χ4n) is 2.05. The number of hydrogen-bond acceptors (Lipinski definition) is 6. The second-order valence-corrected chi connectivity index (χ2v) is 4.58. The molecule has 0 spiro atoms. The molecule has 0 fully saturated rings. The van der Waals surface area contributed by atoms with E-state index in [1.54, 1.807) is 6.92 Å². The number of benzene rings is 1. The highest BCUT2D eigenvalue weighted by molar-refractivity contribution is 5.95. The summed E-state index contributed by atoms with van der Waals surface area (Å²) in [6, 6.07) is 9.30. The first-order chi connectivity index (χ1) is 11.7. The maximum absolute atomic E-state index is 11.9. The van der Waals surface area contributed by atoms with Crippen LogP contribution in [0.15, 0.2) is 55.0 Å². The molecule has 0 saturated heterocycles. The topological polar surface area (TPSA) is 77.9 Å². The Morgan fingerprint density at radius 2 is 2.09 bits per heavy atom. The van der Waals surface area contributed by atoms with Crippen LogP contribution in [0.2, 0.25) is 0 Å². The molecule has 0 amide bonds. The minimum Gasteiger partial charge on any atom is -0.463 e. The molecule has 0 radical (unpaired) electrons. The van der Waals surface area contributed by atoms with Gasteiger partial charge in [0.25, 0.3) is 0 Å². The minimum atomic E-state index is -0.472. The van der Waals surface area contributed by atoms with Crippen molar-refractivity contribution in [2.75, 3.05) is 6.61 Å². The molecule has 0 saturated carbocycles. The Kier molecular flexibility index (Phi) is 3.96. The molecule has 6 nitrogen and oxygen atoms in total. The van der Waals surface area contributed by atoms with Crippen molar-refractivity contribution >= 4 is 22.7 Å². The summed E-state index contributed by atoms with van der Waals surface area (Å²) in [4.78, 5) is 28.6. The van der Waals surface area contributed by atoms with Crippen LogP contribution in [0.4, 0.5) is 0 Å². The van der Waals surface area contributed by atoms with Crippen molar-refractivity contribution in [3.8, 4) is 0 Å². The highest BCUT2D eigenvalue weighted by atomic mass is 16.5. The van der Waals surface area contributed by atoms with Crippen LogP contribution in [0.3, 0.4) is 0 Å². The molecule has 6 heteroatoms. The molecular formula is C17H14N4O2. The summed E-state index contributed by atoms with van der Waals surface area (Å²) in [6.45, 7) is 2.02. The summed E-state index contributed by atoms with van der Waals surface area (Å²) < 4.78 is 12.6. The Morgan fingerprint density at radius 3 is 2.87 bits per heavy atom. The molecular weight excluding hydrogens is 292 g/mol. The SMILES string of the molecule is [2H]c1cnc2cnc(/C(=C\C(=O)OCC)c3ccccc3)nc2n1. The number of hydrogen-bond donors (Lipinski definition) is 0. The average molecular weight is 307 g/mol. The Labute approximate surface area is 134 Å². The third-order valence-electron chi connectivity index (χ3n) is 3.06. The van der Waals surface area contributed by atoms with Gasteiger partial charge in [-0.25, -0.2) is 24.7 Å². The number of nitrogens with zero attached hydrogens (tertiary/aromatic N) is 4. The van der Waals surface area contributed by atoms with Crippen molar-refractivity contribution in [1.29, 1.82) is 0 Å². The van der Waals surface area contributed by atoms with Crippen molar-refractivity contribution < 1.29 is 10.9 Å². The van der Waals surface area contributed by atoms with E-state index in [1.165, 1.54) is 18.5 Å². The first-order valence-corrected chi connectivity index (χ1v) is 7.08. The molecule has 0 aliphatic rings. The summed E-state index contributed by atoms with van der Waals surface area (Å²) in [5.41, 5.74) is 2.09. The summed E-state index contributed by atoms with van der Waals surface area (Å²) in [7, 11) is 0.